The second-order valence-electron chi connectivity index (χ2n) is 6.45. The van der Waals surface area contributed by atoms with Crippen molar-refractivity contribution in [1.82, 2.24) is 0 Å². The molecule has 4 nitrogen and oxygen atoms in total. The first-order chi connectivity index (χ1) is 13.9. The summed E-state index contributed by atoms with van der Waals surface area (Å²) in [6, 6.07) is 13.4. The average molecular weight is 539 g/mol. The van der Waals surface area contributed by atoms with Gasteiger partial charge in [0.05, 0.1) is 26.9 Å². The third kappa shape index (κ3) is 5.13. The molecule has 1 atom stereocenters. The molecule has 1 saturated heterocycles. The Labute approximate surface area is 194 Å². The number of carbonyl (C=O) groups is 1. The summed E-state index contributed by atoms with van der Waals surface area (Å²) in [5.41, 5.74) is 1.66. The van der Waals surface area contributed by atoms with E-state index in [9.17, 15) is 4.79 Å². The second kappa shape index (κ2) is 9.95. The van der Waals surface area contributed by atoms with Gasteiger partial charge in [-0.1, -0.05) is 49.1 Å². The largest absolute Gasteiger partial charge is 0.490 e. The van der Waals surface area contributed by atoms with E-state index in [4.69, 9.17) is 21.7 Å². The summed E-state index contributed by atoms with van der Waals surface area (Å²) in [6.07, 6.45) is 2.86. The number of para-hydroxylation sites is 1. The van der Waals surface area contributed by atoms with Crippen LogP contribution in [-0.2, 0) is 4.79 Å². The summed E-state index contributed by atoms with van der Waals surface area (Å²) < 4.78 is 13.4. The third-order valence-corrected chi connectivity index (χ3v) is 6.43. The highest BCUT2D eigenvalue weighted by Crippen LogP contribution is 2.39. The van der Waals surface area contributed by atoms with Crippen molar-refractivity contribution in [1.29, 1.82) is 0 Å². The normalized spacial score (nSPS) is 16.4. The zero-order chi connectivity index (χ0) is 21.0. The number of ether oxygens (including phenoxy) is 2. The molecule has 0 aliphatic carbocycles. The first kappa shape index (κ1) is 22.1. The predicted octanol–water partition coefficient (Wildman–Crippen LogP) is 6.27. The Morgan fingerprint density at radius 2 is 1.97 bits per heavy atom. The van der Waals surface area contributed by atoms with Gasteiger partial charge < -0.3 is 9.47 Å². The standard InChI is InChI=1S/C22H22INO3S2/c1-4-14(3)27-20-17(23)11-15(12-18(20)26-5-2)13-19-21(25)24(22(28)29-19)16-9-7-6-8-10-16/h6-14H,4-5H2,1-3H3/b19-13+/t14-/m0/s1. The van der Waals surface area contributed by atoms with Gasteiger partial charge in [0.15, 0.2) is 15.8 Å². The summed E-state index contributed by atoms with van der Waals surface area (Å²) in [5.74, 6) is 1.32. The van der Waals surface area contributed by atoms with Crippen molar-refractivity contribution < 1.29 is 14.3 Å². The molecule has 1 aliphatic heterocycles. The fraction of sp³-hybridized carbons (Fsp3) is 0.273. The zero-order valence-corrected chi connectivity index (χ0v) is 20.3. The second-order valence-corrected chi connectivity index (χ2v) is 9.29. The summed E-state index contributed by atoms with van der Waals surface area (Å²) in [5, 5.41) is 0. The van der Waals surface area contributed by atoms with E-state index in [1.807, 2.05) is 62.4 Å². The number of nitrogens with zero attached hydrogens (tertiary/aromatic N) is 1. The molecule has 2 aromatic rings. The van der Waals surface area contributed by atoms with Crippen LogP contribution in [0.25, 0.3) is 6.08 Å². The van der Waals surface area contributed by atoms with Crippen LogP contribution < -0.4 is 14.4 Å². The maximum Gasteiger partial charge on any atom is 0.270 e. The van der Waals surface area contributed by atoms with Gasteiger partial charge in [-0.25, -0.2) is 0 Å². The number of rotatable bonds is 7. The Morgan fingerprint density at radius 1 is 1.24 bits per heavy atom. The van der Waals surface area contributed by atoms with Crippen molar-refractivity contribution in [2.45, 2.75) is 33.3 Å². The lowest BCUT2D eigenvalue weighted by atomic mass is 10.1. The Kier molecular flexibility index (Phi) is 7.59. The van der Waals surface area contributed by atoms with Gasteiger partial charge in [0, 0.05) is 0 Å². The van der Waals surface area contributed by atoms with E-state index in [1.165, 1.54) is 11.8 Å². The number of halogens is 1. The molecule has 0 radical (unpaired) electrons. The van der Waals surface area contributed by atoms with Crippen LogP contribution in [-0.4, -0.2) is 22.9 Å². The van der Waals surface area contributed by atoms with Crippen LogP contribution >= 0.6 is 46.6 Å². The maximum atomic E-state index is 13.0. The van der Waals surface area contributed by atoms with Gasteiger partial charge in [-0.2, -0.15) is 0 Å². The van der Waals surface area contributed by atoms with Gasteiger partial charge in [-0.05, 0) is 78.8 Å². The van der Waals surface area contributed by atoms with Crippen molar-refractivity contribution in [3.63, 3.8) is 0 Å². The minimum atomic E-state index is -0.112. The van der Waals surface area contributed by atoms with Crippen molar-refractivity contribution in [2.24, 2.45) is 0 Å². The molecule has 1 fully saturated rings. The van der Waals surface area contributed by atoms with Crippen LogP contribution in [0.4, 0.5) is 5.69 Å². The van der Waals surface area contributed by atoms with Gasteiger partial charge in [0.25, 0.3) is 5.91 Å². The van der Waals surface area contributed by atoms with E-state index in [0.717, 1.165) is 27.0 Å². The third-order valence-electron chi connectivity index (χ3n) is 4.33. The topological polar surface area (TPSA) is 38.8 Å². The molecule has 0 bridgehead atoms. The van der Waals surface area contributed by atoms with Gasteiger partial charge in [0.2, 0.25) is 0 Å². The van der Waals surface area contributed by atoms with Gasteiger partial charge in [-0.3, -0.25) is 9.69 Å². The van der Waals surface area contributed by atoms with E-state index in [0.29, 0.717) is 21.6 Å². The summed E-state index contributed by atoms with van der Waals surface area (Å²) >= 11 is 9.01. The molecule has 1 heterocycles. The molecule has 0 unspecified atom stereocenters. The lowest BCUT2D eigenvalue weighted by Crippen LogP contribution is -2.27. The molecule has 29 heavy (non-hydrogen) atoms. The monoisotopic (exact) mass is 539 g/mol. The summed E-state index contributed by atoms with van der Waals surface area (Å²) in [7, 11) is 0. The predicted molar refractivity (Wildman–Crippen MR) is 133 cm³/mol. The Bertz CT molecular complexity index is 947. The van der Waals surface area contributed by atoms with Crippen LogP contribution in [0, 0.1) is 3.57 Å². The zero-order valence-electron chi connectivity index (χ0n) is 16.5. The van der Waals surface area contributed by atoms with E-state index in [-0.39, 0.29) is 12.0 Å². The van der Waals surface area contributed by atoms with Crippen LogP contribution in [0.15, 0.2) is 47.4 Å². The molecular formula is C22H22INO3S2. The Balaban J connectivity index is 1.94. The fourth-order valence-electron chi connectivity index (χ4n) is 2.75. The molecule has 0 aromatic heterocycles. The highest BCUT2D eigenvalue weighted by molar-refractivity contribution is 14.1. The number of thioether (sulfide) groups is 1. The molecule has 3 rings (SSSR count). The summed E-state index contributed by atoms with van der Waals surface area (Å²) in [6.45, 7) is 6.60. The minimum absolute atomic E-state index is 0.0932. The van der Waals surface area contributed by atoms with Crippen LogP contribution in [0.1, 0.15) is 32.8 Å². The van der Waals surface area contributed by atoms with Crippen LogP contribution in [0.2, 0.25) is 0 Å². The van der Waals surface area contributed by atoms with Crippen LogP contribution in [0.5, 0.6) is 11.5 Å². The Hall–Kier alpha value is -1.58. The van der Waals surface area contributed by atoms with Crippen molar-refractivity contribution in [2.75, 3.05) is 11.5 Å². The van der Waals surface area contributed by atoms with E-state index in [2.05, 4.69) is 29.5 Å². The molecule has 0 saturated carbocycles. The summed E-state index contributed by atoms with van der Waals surface area (Å²) in [4.78, 5) is 15.1. The first-order valence-corrected chi connectivity index (χ1v) is 11.7. The number of hydrogen-bond acceptors (Lipinski definition) is 5. The van der Waals surface area contributed by atoms with E-state index < -0.39 is 0 Å². The molecule has 0 spiro atoms. The number of carbonyl (C=O) groups excluding carboxylic acids is 1. The SMILES string of the molecule is CCOc1cc(/C=C2/SC(=S)N(c3ccccc3)C2=O)cc(I)c1O[C@@H](C)CC. The smallest absolute Gasteiger partial charge is 0.270 e. The number of thiocarbonyl (C=S) groups is 1. The van der Waals surface area contributed by atoms with Crippen molar-refractivity contribution in [3.05, 3.63) is 56.5 Å². The number of benzene rings is 2. The molecule has 2 aromatic carbocycles. The molecule has 0 N–H and O–H groups in total. The molecule has 1 amide bonds. The lowest BCUT2D eigenvalue weighted by Gasteiger charge is -2.18. The number of hydrogen-bond donors (Lipinski definition) is 0. The molecule has 1 aliphatic rings. The molecule has 152 valence electrons. The highest BCUT2D eigenvalue weighted by Gasteiger charge is 2.33. The van der Waals surface area contributed by atoms with Crippen molar-refractivity contribution in [3.8, 4) is 11.5 Å². The van der Waals surface area contributed by atoms with Gasteiger partial charge in [0.1, 0.15) is 0 Å². The first-order valence-electron chi connectivity index (χ1n) is 9.40. The van der Waals surface area contributed by atoms with Crippen molar-refractivity contribution >= 4 is 68.6 Å². The van der Waals surface area contributed by atoms with E-state index in [1.54, 1.807) is 4.90 Å². The minimum Gasteiger partial charge on any atom is -0.490 e. The fourth-order valence-corrected chi connectivity index (χ4v) is 4.80. The molecular weight excluding hydrogens is 517 g/mol. The maximum absolute atomic E-state index is 13.0. The number of amides is 1. The van der Waals surface area contributed by atoms with Gasteiger partial charge >= 0.3 is 0 Å². The van der Waals surface area contributed by atoms with Gasteiger partial charge in [-0.15, -0.1) is 0 Å². The highest BCUT2D eigenvalue weighted by atomic mass is 127. The molecule has 7 heteroatoms. The van der Waals surface area contributed by atoms with E-state index >= 15 is 0 Å². The quantitative estimate of drug-likeness (QED) is 0.236. The Morgan fingerprint density at radius 3 is 2.62 bits per heavy atom. The van der Waals surface area contributed by atoms with Crippen LogP contribution in [0.3, 0.4) is 0 Å². The lowest BCUT2D eigenvalue weighted by molar-refractivity contribution is -0.113. The number of anilines is 1. The average Bonchev–Trinajstić information content (AvgIpc) is 2.98.